The SMILES string of the molecule is Cc1c(Nc2nc3ccccc3s2)nnc2c1CCCN2c1ccc(-c2cnn(C[C@]34C[C@]5(C)C[C@](C)(C3)C[C@@](OCCN3CCCCC3)(C5)C4)c2C)c(C(=O)O)n1. The zero-order chi connectivity index (χ0) is 39.9. The molecule has 6 aliphatic rings. The van der Waals surface area contributed by atoms with Gasteiger partial charge in [-0.1, -0.05) is 43.7 Å². The maximum Gasteiger partial charge on any atom is 0.355 e. The molecule has 12 nitrogen and oxygen atoms in total. The largest absolute Gasteiger partial charge is 0.476 e. The number of anilines is 4. The second-order valence-electron chi connectivity index (χ2n) is 19.1. The molecule has 304 valence electrons. The minimum absolute atomic E-state index is 0.0157. The molecule has 0 radical (unpaired) electrons. The topological polar surface area (TPSA) is 134 Å². The number of pyridine rings is 1. The normalized spacial score (nSPS) is 28.0. The van der Waals surface area contributed by atoms with E-state index in [4.69, 9.17) is 19.8 Å². The highest BCUT2D eigenvalue weighted by molar-refractivity contribution is 7.22. The van der Waals surface area contributed by atoms with E-state index in [2.05, 4.69) is 58.9 Å². The number of aromatic carboxylic acids is 1. The number of carboxylic acids is 1. The van der Waals surface area contributed by atoms with Crippen LogP contribution in [0, 0.1) is 30.1 Å². The van der Waals surface area contributed by atoms with Crippen LogP contribution in [0.5, 0.6) is 0 Å². The summed E-state index contributed by atoms with van der Waals surface area (Å²) < 4.78 is 10.3. The van der Waals surface area contributed by atoms with Gasteiger partial charge in [-0.25, -0.2) is 14.8 Å². The number of para-hydroxylation sites is 1. The first-order valence-corrected chi connectivity index (χ1v) is 22.1. The summed E-state index contributed by atoms with van der Waals surface area (Å²) in [4.78, 5) is 27.1. The first-order chi connectivity index (χ1) is 27.9. The average molecular weight is 802 g/mol. The van der Waals surface area contributed by atoms with Crippen molar-refractivity contribution >= 4 is 50.1 Å². The molecule has 1 aromatic carbocycles. The van der Waals surface area contributed by atoms with E-state index in [1.807, 2.05) is 41.4 Å². The van der Waals surface area contributed by atoms with Crippen molar-refractivity contribution in [2.24, 2.45) is 16.2 Å². The van der Waals surface area contributed by atoms with Gasteiger partial charge in [0.2, 0.25) is 0 Å². The van der Waals surface area contributed by atoms with Crippen LogP contribution in [-0.2, 0) is 17.7 Å². The molecule has 5 fully saturated rings. The molecule has 58 heavy (non-hydrogen) atoms. The van der Waals surface area contributed by atoms with Crippen LogP contribution in [0.25, 0.3) is 21.3 Å². The van der Waals surface area contributed by atoms with Gasteiger partial charge < -0.3 is 25.0 Å². The Labute approximate surface area is 344 Å². The third-order valence-electron chi connectivity index (χ3n) is 14.1. The third-order valence-corrected chi connectivity index (χ3v) is 15.0. The lowest BCUT2D eigenvalue weighted by Crippen LogP contribution is -2.64. The van der Waals surface area contributed by atoms with E-state index in [1.54, 1.807) is 11.3 Å². The molecule has 4 saturated carbocycles. The molecular weight excluding hydrogens is 747 g/mol. The third kappa shape index (κ3) is 6.76. The van der Waals surface area contributed by atoms with Crippen molar-refractivity contribution in [1.82, 2.24) is 34.8 Å². The number of hydrogen-bond acceptors (Lipinski definition) is 11. The van der Waals surface area contributed by atoms with Gasteiger partial charge in [0.1, 0.15) is 5.82 Å². The molecule has 5 aromatic rings. The van der Waals surface area contributed by atoms with Gasteiger partial charge in [0.05, 0.1) is 28.6 Å². The van der Waals surface area contributed by atoms with Crippen molar-refractivity contribution in [2.45, 2.75) is 110 Å². The Bertz CT molecular complexity index is 2350. The van der Waals surface area contributed by atoms with Crippen molar-refractivity contribution in [2.75, 3.05) is 43.0 Å². The van der Waals surface area contributed by atoms with Gasteiger partial charge in [-0.05, 0) is 132 Å². The van der Waals surface area contributed by atoms with Crippen LogP contribution in [0.3, 0.4) is 0 Å². The van der Waals surface area contributed by atoms with Crippen LogP contribution in [0.15, 0.2) is 42.6 Å². The van der Waals surface area contributed by atoms with Gasteiger partial charge in [0.15, 0.2) is 22.5 Å². The summed E-state index contributed by atoms with van der Waals surface area (Å²) in [6.45, 7) is 14.9. The number of nitrogens with zero attached hydrogens (tertiary/aromatic N) is 8. The molecule has 4 atom stereocenters. The van der Waals surface area contributed by atoms with Crippen LogP contribution in [0.4, 0.5) is 22.6 Å². The van der Waals surface area contributed by atoms with Crippen LogP contribution in [0.1, 0.15) is 105 Å². The summed E-state index contributed by atoms with van der Waals surface area (Å²) in [5.41, 5.74) is 5.90. The highest BCUT2D eigenvalue weighted by Gasteiger charge is 2.66. The van der Waals surface area contributed by atoms with Gasteiger partial charge in [-0.3, -0.25) is 4.68 Å². The summed E-state index contributed by atoms with van der Waals surface area (Å²) in [6.07, 6.45) is 14.5. The molecule has 2 N–H and O–H groups in total. The molecule has 11 rings (SSSR count). The molecule has 2 aliphatic heterocycles. The van der Waals surface area contributed by atoms with Gasteiger partial charge in [-0.2, -0.15) is 5.10 Å². The van der Waals surface area contributed by atoms with Crippen LogP contribution in [-0.4, -0.2) is 84.3 Å². The van der Waals surface area contributed by atoms with Crippen molar-refractivity contribution in [3.05, 3.63) is 65.1 Å². The smallest absolute Gasteiger partial charge is 0.355 e. The number of benzene rings is 1. The molecule has 13 heteroatoms. The number of hydrogen-bond donors (Lipinski definition) is 2. The fourth-order valence-corrected chi connectivity index (χ4v) is 13.7. The van der Waals surface area contributed by atoms with E-state index in [0.717, 1.165) is 89.5 Å². The Kier molecular flexibility index (Phi) is 9.18. The minimum Gasteiger partial charge on any atom is -0.476 e. The number of piperidine rings is 1. The molecule has 1 saturated heterocycles. The number of carbonyl (C=O) groups is 1. The second kappa shape index (κ2) is 14.1. The molecule has 4 aromatic heterocycles. The molecule has 4 aliphatic carbocycles. The fraction of sp³-hybridized carbons (Fsp3) is 0.556. The standard InChI is InChI=1S/C45H55N9O3S/c1-29-31-11-10-18-53(39(31)51-50-38(29)49-41-47-34-12-6-7-13-35(34)58-41)36-15-14-32(37(48-36)40(55)56)33-21-46-54(30(33)2)28-44-23-42(3)22-43(4,24-44)26-45(25-42,27-44)57-20-19-52-16-8-5-9-17-52/h6-7,12-15,21H,5,8-11,16-20,22-28H2,1-4H3,(H,55,56)(H,47,49,50)/t42-,43+,44+,45-. The second-order valence-corrected chi connectivity index (χ2v) is 20.2. The Hall–Kier alpha value is -4.46. The van der Waals surface area contributed by atoms with E-state index in [-0.39, 0.29) is 27.5 Å². The first kappa shape index (κ1) is 37.8. The molecule has 6 heterocycles. The van der Waals surface area contributed by atoms with Gasteiger partial charge >= 0.3 is 5.97 Å². The van der Waals surface area contributed by atoms with E-state index < -0.39 is 5.97 Å². The van der Waals surface area contributed by atoms with Crippen LogP contribution >= 0.6 is 11.3 Å². The predicted octanol–water partition coefficient (Wildman–Crippen LogP) is 9.11. The van der Waals surface area contributed by atoms with Crippen LogP contribution < -0.4 is 10.2 Å². The maximum atomic E-state index is 13.0. The zero-order valence-electron chi connectivity index (χ0n) is 34.3. The highest BCUT2D eigenvalue weighted by atomic mass is 32.1. The summed E-state index contributed by atoms with van der Waals surface area (Å²) in [5, 5.41) is 29.0. The summed E-state index contributed by atoms with van der Waals surface area (Å²) in [7, 11) is 0. The van der Waals surface area contributed by atoms with Gasteiger partial charge in [0.25, 0.3) is 0 Å². The van der Waals surface area contributed by atoms with E-state index >= 15 is 0 Å². The number of thiazole rings is 1. The number of rotatable bonds is 11. The van der Waals surface area contributed by atoms with Gasteiger partial charge in [-0.15, -0.1) is 10.2 Å². The van der Waals surface area contributed by atoms with Crippen molar-refractivity contribution in [3.63, 3.8) is 0 Å². The minimum atomic E-state index is -1.07. The number of fused-ring (bicyclic) bond motifs is 2. The number of nitrogens with one attached hydrogen (secondary N) is 1. The van der Waals surface area contributed by atoms with Crippen molar-refractivity contribution in [1.29, 1.82) is 0 Å². The summed E-state index contributed by atoms with van der Waals surface area (Å²) in [5.74, 6) is 0.872. The first-order valence-electron chi connectivity index (χ1n) is 21.3. The van der Waals surface area contributed by atoms with Gasteiger partial charge in [0, 0.05) is 47.6 Å². The quantitative estimate of drug-likeness (QED) is 0.132. The fourth-order valence-electron chi connectivity index (χ4n) is 12.8. The number of aromatic nitrogens is 6. The van der Waals surface area contributed by atoms with Crippen molar-refractivity contribution < 1.29 is 14.6 Å². The molecule has 0 amide bonds. The maximum absolute atomic E-state index is 13.0. The lowest BCUT2D eigenvalue weighted by Gasteiger charge is -2.69. The molecule has 0 spiro atoms. The summed E-state index contributed by atoms with van der Waals surface area (Å²) in [6, 6.07) is 11.9. The van der Waals surface area contributed by atoms with E-state index in [9.17, 15) is 9.90 Å². The lowest BCUT2D eigenvalue weighted by atomic mass is 9.39. The molecule has 4 bridgehead atoms. The molecular formula is C45H55N9O3S. The van der Waals surface area contributed by atoms with Crippen LogP contribution in [0.2, 0.25) is 0 Å². The monoisotopic (exact) mass is 801 g/mol. The number of likely N-dealkylation sites (tertiary alicyclic amines) is 1. The van der Waals surface area contributed by atoms with E-state index in [1.165, 1.54) is 51.6 Å². The lowest BCUT2D eigenvalue weighted by molar-refractivity contribution is -0.249. The number of ether oxygens (including phenoxy) is 1. The Morgan fingerprint density at radius 1 is 0.897 bits per heavy atom. The van der Waals surface area contributed by atoms with Crippen molar-refractivity contribution in [3.8, 4) is 11.1 Å². The highest BCUT2D eigenvalue weighted by Crippen LogP contribution is 2.72. The average Bonchev–Trinajstić information content (AvgIpc) is 3.76. The number of carboxylic acid groups (broad SMARTS) is 1. The zero-order valence-corrected chi connectivity index (χ0v) is 35.1. The Balaban J connectivity index is 0.898. The Morgan fingerprint density at radius 3 is 2.47 bits per heavy atom. The Morgan fingerprint density at radius 2 is 1.69 bits per heavy atom. The van der Waals surface area contributed by atoms with E-state index in [0.29, 0.717) is 29.6 Å². The molecule has 0 unspecified atom stereocenters. The predicted molar refractivity (Wildman–Crippen MR) is 227 cm³/mol. The summed E-state index contributed by atoms with van der Waals surface area (Å²) >= 11 is 1.58.